The monoisotopic (exact) mass is 250 g/mol. The number of rotatable bonds is 8. The predicted molar refractivity (Wildman–Crippen MR) is 76.8 cm³/mol. The zero-order chi connectivity index (χ0) is 13.4. The highest BCUT2D eigenvalue weighted by Crippen LogP contribution is 2.15. The van der Waals surface area contributed by atoms with Crippen LogP contribution in [0, 0.1) is 5.92 Å². The normalized spacial score (nSPS) is 10.9. The van der Waals surface area contributed by atoms with Crippen molar-refractivity contribution in [3.8, 4) is 0 Å². The molecular formula is C14H26N4. The standard InChI is InChI=1S/C14H26N4/c1-5-12(6-2)11-18(7-3)14-10-16-13(8-15-4)9-17-14/h9-10,12,15H,5-8,11H2,1-4H3. The summed E-state index contributed by atoms with van der Waals surface area (Å²) in [6.07, 6.45) is 6.19. The maximum atomic E-state index is 4.51. The minimum atomic E-state index is 0.740. The van der Waals surface area contributed by atoms with Crippen molar-refractivity contribution in [1.29, 1.82) is 0 Å². The highest BCUT2D eigenvalue weighted by molar-refractivity contribution is 5.35. The second-order valence-corrected chi connectivity index (χ2v) is 4.62. The van der Waals surface area contributed by atoms with Crippen molar-refractivity contribution in [3.63, 3.8) is 0 Å². The van der Waals surface area contributed by atoms with E-state index in [1.165, 1.54) is 12.8 Å². The second kappa shape index (κ2) is 8.03. The van der Waals surface area contributed by atoms with Gasteiger partial charge in [-0.2, -0.15) is 0 Å². The topological polar surface area (TPSA) is 41.1 Å². The van der Waals surface area contributed by atoms with Crippen LogP contribution in [0.25, 0.3) is 0 Å². The van der Waals surface area contributed by atoms with Gasteiger partial charge < -0.3 is 10.2 Å². The molecule has 0 aliphatic carbocycles. The Hall–Kier alpha value is -1.16. The highest BCUT2D eigenvalue weighted by Gasteiger charge is 2.11. The van der Waals surface area contributed by atoms with Crippen molar-refractivity contribution in [1.82, 2.24) is 15.3 Å². The first-order valence-electron chi connectivity index (χ1n) is 6.95. The van der Waals surface area contributed by atoms with Crippen LogP contribution in [0.2, 0.25) is 0 Å². The Morgan fingerprint density at radius 1 is 1.17 bits per heavy atom. The predicted octanol–water partition coefficient (Wildman–Crippen LogP) is 2.46. The van der Waals surface area contributed by atoms with Gasteiger partial charge in [0.15, 0.2) is 0 Å². The minimum absolute atomic E-state index is 0.740. The van der Waals surface area contributed by atoms with Gasteiger partial charge in [-0.05, 0) is 19.9 Å². The van der Waals surface area contributed by atoms with Crippen molar-refractivity contribution in [3.05, 3.63) is 18.1 Å². The largest absolute Gasteiger partial charge is 0.355 e. The van der Waals surface area contributed by atoms with E-state index >= 15 is 0 Å². The lowest BCUT2D eigenvalue weighted by Crippen LogP contribution is -2.30. The molecule has 0 saturated heterocycles. The van der Waals surface area contributed by atoms with Crippen LogP contribution in [0.1, 0.15) is 39.3 Å². The first kappa shape index (κ1) is 14.9. The van der Waals surface area contributed by atoms with Crippen LogP contribution < -0.4 is 10.2 Å². The van der Waals surface area contributed by atoms with Gasteiger partial charge in [0.25, 0.3) is 0 Å². The van der Waals surface area contributed by atoms with Crippen molar-refractivity contribution < 1.29 is 0 Å². The van der Waals surface area contributed by atoms with E-state index in [9.17, 15) is 0 Å². The number of nitrogens with zero attached hydrogens (tertiary/aromatic N) is 3. The summed E-state index contributed by atoms with van der Waals surface area (Å²) >= 11 is 0. The molecule has 0 aliphatic rings. The SMILES string of the molecule is CCC(CC)CN(CC)c1cnc(CNC)cn1. The fourth-order valence-corrected chi connectivity index (χ4v) is 2.03. The van der Waals surface area contributed by atoms with Crippen LogP contribution in [0.15, 0.2) is 12.4 Å². The summed E-state index contributed by atoms with van der Waals surface area (Å²) in [6, 6.07) is 0. The van der Waals surface area contributed by atoms with E-state index in [-0.39, 0.29) is 0 Å². The Morgan fingerprint density at radius 2 is 1.89 bits per heavy atom. The van der Waals surface area contributed by atoms with Gasteiger partial charge in [-0.1, -0.05) is 26.7 Å². The fourth-order valence-electron chi connectivity index (χ4n) is 2.03. The van der Waals surface area contributed by atoms with Gasteiger partial charge in [0.05, 0.1) is 18.1 Å². The lowest BCUT2D eigenvalue weighted by molar-refractivity contribution is 0.484. The van der Waals surface area contributed by atoms with Gasteiger partial charge in [-0.25, -0.2) is 4.98 Å². The molecule has 0 saturated carbocycles. The maximum Gasteiger partial charge on any atom is 0.147 e. The van der Waals surface area contributed by atoms with Crippen LogP contribution in [0.5, 0.6) is 0 Å². The molecule has 0 radical (unpaired) electrons. The van der Waals surface area contributed by atoms with Gasteiger partial charge in [0, 0.05) is 19.6 Å². The van der Waals surface area contributed by atoms with Gasteiger partial charge >= 0.3 is 0 Å². The molecule has 4 nitrogen and oxygen atoms in total. The number of nitrogens with one attached hydrogen (secondary N) is 1. The van der Waals surface area contributed by atoms with E-state index in [4.69, 9.17) is 0 Å². The van der Waals surface area contributed by atoms with E-state index < -0.39 is 0 Å². The van der Waals surface area contributed by atoms with Gasteiger partial charge in [-0.3, -0.25) is 4.98 Å². The summed E-state index contributed by atoms with van der Waals surface area (Å²) in [5.74, 6) is 1.73. The van der Waals surface area contributed by atoms with E-state index in [1.807, 2.05) is 19.4 Å². The lowest BCUT2D eigenvalue weighted by Gasteiger charge is -2.26. The maximum absolute atomic E-state index is 4.51. The van der Waals surface area contributed by atoms with E-state index in [2.05, 4.69) is 41.0 Å². The minimum Gasteiger partial charge on any atom is -0.355 e. The molecule has 0 amide bonds. The second-order valence-electron chi connectivity index (χ2n) is 4.62. The summed E-state index contributed by atoms with van der Waals surface area (Å²) in [7, 11) is 1.92. The average molecular weight is 250 g/mol. The quantitative estimate of drug-likeness (QED) is 0.769. The lowest BCUT2D eigenvalue weighted by atomic mass is 10.0. The van der Waals surface area contributed by atoms with Crippen molar-refractivity contribution in [2.45, 2.75) is 40.2 Å². The van der Waals surface area contributed by atoms with Crippen LogP contribution in [0.3, 0.4) is 0 Å². The summed E-state index contributed by atoms with van der Waals surface area (Å²) in [6.45, 7) is 9.50. The van der Waals surface area contributed by atoms with Gasteiger partial charge in [0.2, 0.25) is 0 Å². The third-order valence-electron chi connectivity index (χ3n) is 3.39. The number of hydrogen-bond donors (Lipinski definition) is 1. The van der Waals surface area contributed by atoms with Crippen molar-refractivity contribution in [2.75, 3.05) is 25.0 Å². The molecule has 0 bridgehead atoms. The fraction of sp³-hybridized carbons (Fsp3) is 0.714. The third kappa shape index (κ3) is 4.26. The first-order valence-corrected chi connectivity index (χ1v) is 6.95. The smallest absolute Gasteiger partial charge is 0.147 e. The molecule has 102 valence electrons. The molecule has 0 aromatic carbocycles. The molecule has 0 atom stereocenters. The van der Waals surface area contributed by atoms with Crippen molar-refractivity contribution >= 4 is 5.82 Å². The molecule has 1 N–H and O–H groups in total. The average Bonchev–Trinajstić information content (AvgIpc) is 2.42. The molecule has 1 heterocycles. The first-order chi connectivity index (χ1) is 8.74. The molecule has 18 heavy (non-hydrogen) atoms. The number of anilines is 1. The van der Waals surface area contributed by atoms with E-state index in [0.717, 1.165) is 37.1 Å². The van der Waals surface area contributed by atoms with Crippen molar-refractivity contribution in [2.24, 2.45) is 5.92 Å². The summed E-state index contributed by atoms with van der Waals surface area (Å²) < 4.78 is 0. The Kier molecular flexibility index (Phi) is 6.65. The zero-order valence-electron chi connectivity index (χ0n) is 12.1. The molecule has 1 aromatic rings. The van der Waals surface area contributed by atoms with Crippen LogP contribution in [-0.2, 0) is 6.54 Å². The summed E-state index contributed by atoms with van der Waals surface area (Å²) in [4.78, 5) is 11.3. The Labute approximate surface area is 111 Å². The molecule has 1 aromatic heterocycles. The van der Waals surface area contributed by atoms with Gasteiger partial charge in [-0.15, -0.1) is 0 Å². The summed E-state index contributed by atoms with van der Waals surface area (Å²) in [5, 5.41) is 3.08. The van der Waals surface area contributed by atoms with Crippen LogP contribution in [0.4, 0.5) is 5.82 Å². The van der Waals surface area contributed by atoms with E-state index in [0.29, 0.717) is 0 Å². The van der Waals surface area contributed by atoms with Crippen LogP contribution >= 0.6 is 0 Å². The molecule has 1 rings (SSSR count). The summed E-state index contributed by atoms with van der Waals surface area (Å²) in [5.41, 5.74) is 0.986. The molecule has 0 fully saturated rings. The molecule has 0 unspecified atom stereocenters. The molecule has 4 heteroatoms. The molecule has 0 spiro atoms. The van der Waals surface area contributed by atoms with E-state index in [1.54, 1.807) is 0 Å². The Bertz CT molecular complexity index is 319. The molecule has 0 aliphatic heterocycles. The third-order valence-corrected chi connectivity index (χ3v) is 3.39. The Balaban J connectivity index is 2.69. The van der Waals surface area contributed by atoms with Gasteiger partial charge in [0.1, 0.15) is 5.82 Å². The molecular weight excluding hydrogens is 224 g/mol. The highest BCUT2D eigenvalue weighted by atomic mass is 15.2. The number of hydrogen-bond acceptors (Lipinski definition) is 4. The number of aromatic nitrogens is 2. The zero-order valence-corrected chi connectivity index (χ0v) is 12.1. The van der Waals surface area contributed by atoms with Crippen LogP contribution in [-0.4, -0.2) is 30.1 Å². The Morgan fingerprint density at radius 3 is 2.33 bits per heavy atom.